The number of hydrogen-bond acceptors (Lipinski definition) is 8. The molecule has 9 heteroatoms. The zero-order valence-electron chi connectivity index (χ0n) is 15.9. The molecule has 0 radical (unpaired) electrons. The highest BCUT2D eigenvalue weighted by Gasteiger charge is 2.24. The van der Waals surface area contributed by atoms with E-state index in [0.717, 1.165) is 0 Å². The number of nitrogens with one attached hydrogen (secondary N) is 1. The summed E-state index contributed by atoms with van der Waals surface area (Å²) in [5.74, 6) is 1.25. The van der Waals surface area contributed by atoms with Crippen LogP contribution in [0.25, 0.3) is 0 Å². The first-order valence-corrected chi connectivity index (χ1v) is 9.25. The number of Topliss-reactive ketones (excluding diaryl/α,β-unsaturated/α-hetero) is 1. The molecule has 3 aromatic rings. The maximum absolute atomic E-state index is 12.4. The van der Waals surface area contributed by atoms with Crippen molar-refractivity contribution >= 4 is 29.1 Å². The maximum Gasteiger partial charge on any atom is 0.289 e. The van der Waals surface area contributed by atoms with Crippen molar-refractivity contribution in [2.45, 2.75) is 6.92 Å². The predicted molar refractivity (Wildman–Crippen MR) is 106 cm³/mol. The summed E-state index contributed by atoms with van der Waals surface area (Å²) in [6.07, 6.45) is 3.10. The van der Waals surface area contributed by atoms with Crippen LogP contribution < -0.4 is 10.2 Å². The number of piperazine rings is 1. The van der Waals surface area contributed by atoms with Crippen LogP contribution in [0, 0.1) is 0 Å². The minimum absolute atomic E-state index is 0.0107. The fourth-order valence-corrected chi connectivity index (χ4v) is 3.14. The maximum atomic E-state index is 12.4. The van der Waals surface area contributed by atoms with Gasteiger partial charge in [0.05, 0.1) is 12.5 Å². The molecule has 0 unspecified atom stereocenters. The van der Waals surface area contributed by atoms with Crippen LogP contribution in [0.15, 0.2) is 53.3 Å². The molecule has 1 amide bonds. The van der Waals surface area contributed by atoms with Crippen LogP contribution in [0.3, 0.4) is 0 Å². The quantitative estimate of drug-likeness (QED) is 0.660. The molecule has 9 nitrogen and oxygen atoms in total. The first-order valence-electron chi connectivity index (χ1n) is 9.25. The zero-order valence-corrected chi connectivity index (χ0v) is 15.9. The van der Waals surface area contributed by atoms with Crippen molar-refractivity contribution in [3.8, 4) is 0 Å². The molecule has 1 aliphatic heterocycles. The Morgan fingerprint density at radius 3 is 2.66 bits per heavy atom. The van der Waals surface area contributed by atoms with Gasteiger partial charge in [-0.2, -0.15) is 10.1 Å². The fourth-order valence-electron chi connectivity index (χ4n) is 3.14. The highest BCUT2D eigenvalue weighted by molar-refractivity contribution is 5.95. The molecular formula is C20H20N6O3. The molecule has 0 bridgehead atoms. The van der Waals surface area contributed by atoms with Crippen LogP contribution in [-0.2, 0) is 0 Å². The van der Waals surface area contributed by atoms with Gasteiger partial charge in [0, 0.05) is 37.4 Å². The molecule has 0 saturated carbocycles. The van der Waals surface area contributed by atoms with E-state index in [1.165, 1.54) is 13.2 Å². The Hall–Kier alpha value is -3.75. The first kappa shape index (κ1) is 18.6. The summed E-state index contributed by atoms with van der Waals surface area (Å²) in [5.41, 5.74) is 1.32. The fraction of sp³-hybridized carbons (Fsp3) is 0.250. The van der Waals surface area contributed by atoms with Crippen molar-refractivity contribution < 1.29 is 14.0 Å². The Labute approximate surface area is 167 Å². The molecule has 29 heavy (non-hydrogen) atoms. The molecule has 148 valence electrons. The summed E-state index contributed by atoms with van der Waals surface area (Å²) in [6.45, 7) is 3.91. The molecule has 4 rings (SSSR count). The molecule has 0 spiro atoms. The topological polar surface area (TPSA) is 104 Å². The average molecular weight is 392 g/mol. The number of amides is 1. The highest BCUT2D eigenvalue weighted by atomic mass is 16.3. The summed E-state index contributed by atoms with van der Waals surface area (Å²) >= 11 is 0. The highest BCUT2D eigenvalue weighted by Crippen LogP contribution is 2.19. The summed E-state index contributed by atoms with van der Waals surface area (Å²) in [4.78, 5) is 32.3. The number of furan rings is 1. The smallest absolute Gasteiger partial charge is 0.289 e. The lowest BCUT2D eigenvalue weighted by Crippen LogP contribution is -2.49. The van der Waals surface area contributed by atoms with E-state index in [1.54, 1.807) is 41.4 Å². The molecule has 0 atom stereocenters. The standard InChI is InChI=1S/C20H20N6O3/c1-14(27)15-4-2-5-16(12-15)22-20-23-18(13-21-24-20)25-7-9-26(10-8-25)19(28)17-6-3-11-29-17/h2-6,11-13H,7-10H2,1H3,(H,22,23,24). The Balaban J connectivity index is 1.41. The van der Waals surface area contributed by atoms with Gasteiger partial charge in [-0.25, -0.2) is 0 Å². The Morgan fingerprint density at radius 2 is 1.93 bits per heavy atom. The van der Waals surface area contributed by atoms with E-state index < -0.39 is 0 Å². The van der Waals surface area contributed by atoms with Gasteiger partial charge in [0.15, 0.2) is 17.4 Å². The van der Waals surface area contributed by atoms with E-state index in [-0.39, 0.29) is 11.7 Å². The molecule has 1 aliphatic rings. The van der Waals surface area contributed by atoms with Crippen molar-refractivity contribution in [1.82, 2.24) is 20.1 Å². The van der Waals surface area contributed by atoms with Gasteiger partial charge in [-0.15, -0.1) is 5.10 Å². The number of anilines is 3. The van der Waals surface area contributed by atoms with Gasteiger partial charge in [-0.3, -0.25) is 9.59 Å². The number of hydrogen-bond donors (Lipinski definition) is 1. The number of nitrogens with zero attached hydrogens (tertiary/aromatic N) is 5. The second-order valence-corrected chi connectivity index (χ2v) is 6.66. The van der Waals surface area contributed by atoms with E-state index in [9.17, 15) is 9.59 Å². The van der Waals surface area contributed by atoms with Crippen molar-refractivity contribution in [3.05, 3.63) is 60.2 Å². The Morgan fingerprint density at radius 1 is 1.10 bits per heavy atom. The summed E-state index contributed by atoms with van der Waals surface area (Å²) in [6, 6.07) is 10.5. The lowest BCUT2D eigenvalue weighted by Gasteiger charge is -2.34. The third-order valence-electron chi connectivity index (χ3n) is 4.69. The molecule has 1 N–H and O–H groups in total. The summed E-state index contributed by atoms with van der Waals surface area (Å²) in [5, 5.41) is 11.1. The summed E-state index contributed by atoms with van der Waals surface area (Å²) < 4.78 is 5.19. The van der Waals surface area contributed by atoms with E-state index in [4.69, 9.17) is 4.42 Å². The number of carbonyl (C=O) groups is 2. The average Bonchev–Trinajstić information content (AvgIpc) is 3.29. The number of aromatic nitrogens is 3. The largest absolute Gasteiger partial charge is 0.459 e. The van der Waals surface area contributed by atoms with Crippen LogP contribution in [0.1, 0.15) is 27.8 Å². The zero-order chi connectivity index (χ0) is 20.2. The van der Waals surface area contributed by atoms with Gasteiger partial charge in [0.2, 0.25) is 5.95 Å². The Bertz CT molecular complexity index is 1010. The minimum atomic E-state index is -0.108. The van der Waals surface area contributed by atoms with Gasteiger partial charge < -0.3 is 19.5 Å². The second-order valence-electron chi connectivity index (χ2n) is 6.66. The van der Waals surface area contributed by atoms with Gasteiger partial charge in [0.1, 0.15) is 0 Å². The molecular weight excluding hydrogens is 372 g/mol. The van der Waals surface area contributed by atoms with E-state index in [2.05, 4.69) is 25.4 Å². The van der Waals surface area contributed by atoms with Crippen molar-refractivity contribution in [3.63, 3.8) is 0 Å². The van der Waals surface area contributed by atoms with E-state index in [1.807, 2.05) is 6.07 Å². The summed E-state index contributed by atoms with van der Waals surface area (Å²) in [7, 11) is 0. The minimum Gasteiger partial charge on any atom is -0.459 e. The predicted octanol–water partition coefficient (Wildman–Crippen LogP) is 2.37. The molecule has 0 aliphatic carbocycles. The van der Waals surface area contributed by atoms with Crippen molar-refractivity contribution in [1.29, 1.82) is 0 Å². The number of ketones is 1. The van der Waals surface area contributed by atoms with Gasteiger partial charge >= 0.3 is 0 Å². The van der Waals surface area contributed by atoms with Gasteiger partial charge in [-0.1, -0.05) is 12.1 Å². The molecule has 1 aromatic carbocycles. The normalized spacial score (nSPS) is 14.0. The van der Waals surface area contributed by atoms with Gasteiger partial charge in [0.25, 0.3) is 5.91 Å². The lowest BCUT2D eigenvalue weighted by atomic mass is 10.1. The van der Waals surface area contributed by atoms with E-state index in [0.29, 0.717) is 55.0 Å². The van der Waals surface area contributed by atoms with Crippen LogP contribution in [0.5, 0.6) is 0 Å². The van der Waals surface area contributed by atoms with Crippen LogP contribution >= 0.6 is 0 Å². The lowest BCUT2D eigenvalue weighted by molar-refractivity contribution is 0.0714. The third-order valence-corrected chi connectivity index (χ3v) is 4.69. The van der Waals surface area contributed by atoms with E-state index >= 15 is 0 Å². The molecule has 2 aromatic heterocycles. The van der Waals surface area contributed by atoms with Crippen LogP contribution in [0.2, 0.25) is 0 Å². The number of carbonyl (C=O) groups excluding carboxylic acids is 2. The van der Waals surface area contributed by atoms with Crippen LogP contribution in [0.4, 0.5) is 17.5 Å². The SMILES string of the molecule is CC(=O)c1cccc(Nc2nncc(N3CCN(C(=O)c4ccco4)CC3)n2)c1. The third kappa shape index (κ3) is 4.23. The first-order chi connectivity index (χ1) is 14.1. The number of rotatable bonds is 5. The van der Waals surface area contributed by atoms with Gasteiger partial charge in [-0.05, 0) is 31.2 Å². The molecule has 3 heterocycles. The monoisotopic (exact) mass is 392 g/mol. The van der Waals surface area contributed by atoms with Crippen molar-refractivity contribution in [2.24, 2.45) is 0 Å². The molecule has 1 saturated heterocycles. The van der Waals surface area contributed by atoms with Crippen molar-refractivity contribution in [2.75, 3.05) is 36.4 Å². The number of benzene rings is 1. The Kier molecular flexibility index (Phi) is 5.19. The van der Waals surface area contributed by atoms with Crippen LogP contribution in [-0.4, -0.2) is 58.0 Å². The molecule has 1 fully saturated rings. The second kappa shape index (κ2) is 8.09.